The van der Waals surface area contributed by atoms with Gasteiger partial charge in [0.25, 0.3) is 0 Å². The van der Waals surface area contributed by atoms with Gasteiger partial charge in [0.2, 0.25) is 0 Å². The summed E-state index contributed by atoms with van der Waals surface area (Å²) in [6.07, 6.45) is 0.238. The average molecular weight is 487 g/mol. The van der Waals surface area contributed by atoms with Gasteiger partial charge in [0.1, 0.15) is 23.3 Å². The number of hydrogen-bond donors (Lipinski definition) is 2. The Hall–Kier alpha value is -2.69. The molecule has 2 aromatic carbocycles. The molecule has 33 heavy (non-hydrogen) atoms. The molecule has 0 bridgehead atoms. The molecule has 10 heteroatoms. The van der Waals surface area contributed by atoms with E-state index >= 15 is 4.39 Å². The number of nitrogens with zero attached hydrogens (tertiary/aromatic N) is 4. The van der Waals surface area contributed by atoms with Gasteiger partial charge in [-0.1, -0.05) is 11.6 Å². The second kappa shape index (κ2) is 9.28. The Morgan fingerprint density at radius 2 is 2.00 bits per heavy atom. The smallest absolute Gasteiger partial charge is 0.134 e. The maximum atomic E-state index is 15.0. The first kappa shape index (κ1) is 22.1. The Bertz CT molecular complexity index is 1310. The molecule has 5 rings (SSSR count). The van der Waals surface area contributed by atoms with Gasteiger partial charge < -0.3 is 19.8 Å². The maximum absolute atomic E-state index is 15.0. The number of benzene rings is 2. The summed E-state index contributed by atoms with van der Waals surface area (Å²) in [6, 6.07) is 8.48. The van der Waals surface area contributed by atoms with Crippen molar-refractivity contribution in [1.82, 2.24) is 15.0 Å². The highest BCUT2D eigenvalue weighted by Crippen LogP contribution is 2.37. The Labute approximate surface area is 198 Å². The van der Waals surface area contributed by atoms with Crippen LogP contribution in [-0.4, -0.2) is 51.5 Å². The molecule has 3 heterocycles. The molecule has 1 atom stereocenters. The van der Waals surface area contributed by atoms with Gasteiger partial charge in [-0.25, -0.2) is 19.3 Å². The zero-order chi connectivity index (χ0) is 22.9. The van der Waals surface area contributed by atoms with Crippen LogP contribution in [0.3, 0.4) is 0 Å². The first-order chi connectivity index (χ1) is 16.0. The largest absolute Gasteiger partial charge is 0.390 e. The third kappa shape index (κ3) is 4.30. The molecule has 2 N–H and O–H groups in total. The normalized spacial score (nSPS) is 15.2. The van der Waals surface area contributed by atoms with Gasteiger partial charge >= 0.3 is 0 Å². The van der Waals surface area contributed by atoms with E-state index in [0.29, 0.717) is 46.1 Å². The Balaban J connectivity index is 1.57. The number of rotatable bonds is 5. The molecule has 0 radical (unpaired) electrons. The number of fused-ring (bicyclic) bond motifs is 1. The lowest BCUT2D eigenvalue weighted by molar-refractivity contribution is 0.122. The van der Waals surface area contributed by atoms with E-state index in [1.165, 1.54) is 29.8 Å². The van der Waals surface area contributed by atoms with Crippen molar-refractivity contribution in [2.45, 2.75) is 12.7 Å². The van der Waals surface area contributed by atoms with E-state index in [2.05, 4.69) is 19.9 Å². The summed E-state index contributed by atoms with van der Waals surface area (Å²) in [5, 5.41) is 22.9. The van der Waals surface area contributed by atoms with Crippen LogP contribution in [0.2, 0.25) is 5.02 Å². The first-order valence-corrected chi connectivity index (χ1v) is 11.6. The van der Waals surface area contributed by atoms with Gasteiger partial charge in [-0.3, -0.25) is 0 Å². The summed E-state index contributed by atoms with van der Waals surface area (Å²) >= 11 is 7.48. The third-order valence-electron chi connectivity index (χ3n) is 5.60. The number of thiazole rings is 1. The lowest BCUT2D eigenvalue weighted by Gasteiger charge is -2.29. The quantitative estimate of drug-likeness (QED) is 0.441. The molecule has 0 saturated carbocycles. The minimum absolute atomic E-state index is 0.0810. The Morgan fingerprint density at radius 1 is 1.18 bits per heavy atom. The van der Waals surface area contributed by atoms with Crippen LogP contribution >= 0.6 is 22.9 Å². The molecule has 1 unspecified atom stereocenters. The Morgan fingerprint density at radius 3 is 2.76 bits per heavy atom. The highest BCUT2D eigenvalue weighted by atomic mass is 35.5. The molecule has 1 fully saturated rings. The molecule has 0 amide bonds. The van der Waals surface area contributed by atoms with E-state index in [9.17, 15) is 10.2 Å². The molecular weight excluding hydrogens is 467 g/mol. The summed E-state index contributed by atoms with van der Waals surface area (Å²) in [7, 11) is 0. The standard InChI is InChI=1S/C23H20ClFN4O3S/c24-18-9-19(25)17(8-16(18)22(31)23-28-13(10-30)11-33-23)21-15-2-1-14(7-20(15)26-12-27-21)29-3-5-32-6-4-29/h1-2,7-9,11-12,22,30-31H,3-6,10H2. The molecule has 2 aromatic heterocycles. The number of aromatic nitrogens is 3. The lowest BCUT2D eigenvalue weighted by atomic mass is 10.0. The van der Waals surface area contributed by atoms with E-state index in [1.807, 2.05) is 18.2 Å². The van der Waals surface area contributed by atoms with Crippen molar-refractivity contribution in [2.24, 2.45) is 0 Å². The summed E-state index contributed by atoms with van der Waals surface area (Å²) < 4.78 is 20.5. The van der Waals surface area contributed by atoms with Crippen LogP contribution < -0.4 is 4.90 Å². The van der Waals surface area contributed by atoms with E-state index in [4.69, 9.17) is 16.3 Å². The minimum atomic E-state index is -1.16. The van der Waals surface area contributed by atoms with Crippen molar-refractivity contribution in [1.29, 1.82) is 0 Å². The van der Waals surface area contributed by atoms with Crippen LogP contribution in [-0.2, 0) is 11.3 Å². The van der Waals surface area contributed by atoms with E-state index in [-0.39, 0.29) is 17.2 Å². The van der Waals surface area contributed by atoms with E-state index < -0.39 is 11.9 Å². The van der Waals surface area contributed by atoms with Crippen LogP contribution in [0.1, 0.15) is 22.4 Å². The zero-order valence-corrected chi connectivity index (χ0v) is 19.0. The summed E-state index contributed by atoms with van der Waals surface area (Å²) in [5.41, 5.74) is 3.08. The molecule has 0 aliphatic carbocycles. The van der Waals surface area contributed by atoms with Crippen molar-refractivity contribution in [3.63, 3.8) is 0 Å². The predicted molar refractivity (Wildman–Crippen MR) is 125 cm³/mol. The fourth-order valence-electron chi connectivity index (χ4n) is 3.89. The number of ether oxygens (including phenoxy) is 1. The van der Waals surface area contributed by atoms with Gasteiger partial charge in [-0.05, 0) is 30.3 Å². The lowest BCUT2D eigenvalue weighted by Crippen LogP contribution is -2.36. The molecule has 1 saturated heterocycles. The Kier molecular flexibility index (Phi) is 6.22. The fourth-order valence-corrected chi connectivity index (χ4v) is 4.95. The van der Waals surface area contributed by atoms with Crippen LogP contribution in [0.4, 0.5) is 10.1 Å². The van der Waals surface area contributed by atoms with Crippen molar-refractivity contribution in [2.75, 3.05) is 31.2 Å². The second-order valence-corrected chi connectivity index (χ2v) is 8.91. The van der Waals surface area contributed by atoms with E-state index in [0.717, 1.165) is 18.8 Å². The van der Waals surface area contributed by atoms with Gasteiger partial charge in [-0.2, -0.15) is 0 Å². The molecule has 170 valence electrons. The number of hydrogen-bond acceptors (Lipinski definition) is 8. The number of morpholine rings is 1. The number of halogens is 2. The first-order valence-electron chi connectivity index (χ1n) is 10.3. The monoisotopic (exact) mass is 486 g/mol. The van der Waals surface area contributed by atoms with Crippen LogP contribution in [0.5, 0.6) is 0 Å². The summed E-state index contributed by atoms with van der Waals surface area (Å²) in [5.74, 6) is -0.552. The average Bonchev–Trinajstić information content (AvgIpc) is 3.33. The summed E-state index contributed by atoms with van der Waals surface area (Å²) in [4.78, 5) is 15.2. The molecule has 0 spiro atoms. The molecule has 1 aliphatic heterocycles. The molecule has 4 aromatic rings. The van der Waals surface area contributed by atoms with E-state index in [1.54, 1.807) is 5.38 Å². The van der Waals surface area contributed by atoms with Gasteiger partial charge in [0, 0.05) is 45.7 Å². The fraction of sp³-hybridized carbons (Fsp3) is 0.261. The van der Waals surface area contributed by atoms with Crippen molar-refractivity contribution >= 4 is 39.5 Å². The van der Waals surface area contributed by atoms with Crippen LogP contribution in [0.25, 0.3) is 22.2 Å². The zero-order valence-electron chi connectivity index (χ0n) is 17.4. The van der Waals surface area contributed by atoms with Crippen molar-refractivity contribution in [3.8, 4) is 11.3 Å². The number of aliphatic hydroxyl groups is 2. The van der Waals surface area contributed by atoms with Gasteiger partial charge in [0.05, 0.1) is 36.7 Å². The molecule has 7 nitrogen and oxygen atoms in total. The van der Waals surface area contributed by atoms with Gasteiger partial charge in [0.15, 0.2) is 0 Å². The highest BCUT2D eigenvalue weighted by molar-refractivity contribution is 7.09. The van der Waals surface area contributed by atoms with Crippen molar-refractivity contribution in [3.05, 3.63) is 69.1 Å². The van der Waals surface area contributed by atoms with Crippen molar-refractivity contribution < 1.29 is 19.3 Å². The second-order valence-electron chi connectivity index (χ2n) is 7.61. The molecule has 1 aliphatic rings. The topological polar surface area (TPSA) is 91.6 Å². The number of aliphatic hydroxyl groups excluding tert-OH is 2. The number of anilines is 1. The summed E-state index contributed by atoms with van der Waals surface area (Å²) in [6.45, 7) is 2.71. The van der Waals surface area contributed by atoms with Crippen LogP contribution in [0.15, 0.2) is 42.0 Å². The van der Waals surface area contributed by atoms with Gasteiger partial charge in [-0.15, -0.1) is 11.3 Å². The third-order valence-corrected chi connectivity index (χ3v) is 6.87. The van der Waals surface area contributed by atoms with Crippen LogP contribution in [0, 0.1) is 5.82 Å². The SMILES string of the molecule is OCc1csc(C(O)c2cc(-c3ncnc4cc(N5CCOCC5)ccc34)c(F)cc2Cl)n1. The predicted octanol–water partition coefficient (Wildman–Crippen LogP) is 3.96. The molecular formula is C23H20ClFN4O3S. The maximum Gasteiger partial charge on any atom is 0.134 e. The highest BCUT2D eigenvalue weighted by Gasteiger charge is 2.22. The minimum Gasteiger partial charge on any atom is -0.390 e.